The Kier molecular flexibility index (Phi) is 8.12. The van der Waals surface area contributed by atoms with Crippen LogP contribution in [0.3, 0.4) is 0 Å². The number of rotatable bonds is 9. The molecule has 0 aliphatic carbocycles. The lowest BCUT2D eigenvalue weighted by atomic mass is 10.1. The quantitative estimate of drug-likeness (QED) is 0.686. The van der Waals surface area contributed by atoms with E-state index in [1.54, 1.807) is 13.2 Å². The minimum absolute atomic E-state index is 0.0480. The summed E-state index contributed by atoms with van der Waals surface area (Å²) in [5, 5.41) is 6.39. The number of hydrogen-bond donors (Lipinski definition) is 2. The predicted molar refractivity (Wildman–Crippen MR) is 83.9 cm³/mol. The second kappa shape index (κ2) is 9.60. The second-order valence-electron chi connectivity index (χ2n) is 4.69. The summed E-state index contributed by atoms with van der Waals surface area (Å²) in [6, 6.07) is 5.76. The predicted octanol–water partition coefficient (Wildman–Crippen LogP) is 2.15. The molecule has 1 aromatic carbocycles. The standard InChI is InChI=1S/C15H23ClN2O3/c1-11(17-2)12-5-6-14(13(16)9-12)21-10-15(19)18-7-4-8-20-3/h5-6,9,11,17H,4,7-8,10H2,1-3H3,(H,18,19). The van der Waals surface area contributed by atoms with Gasteiger partial charge in [-0.05, 0) is 38.1 Å². The molecule has 0 saturated carbocycles. The van der Waals surface area contributed by atoms with Crippen LogP contribution in [0.15, 0.2) is 18.2 Å². The number of methoxy groups -OCH3 is 1. The molecule has 118 valence electrons. The third-order valence-electron chi connectivity index (χ3n) is 3.10. The zero-order valence-electron chi connectivity index (χ0n) is 12.7. The van der Waals surface area contributed by atoms with Crippen molar-refractivity contribution in [1.82, 2.24) is 10.6 Å². The zero-order chi connectivity index (χ0) is 15.7. The first kappa shape index (κ1) is 17.8. The Balaban J connectivity index is 2.43. The Labute approximate surface area is 131 Å². The Hall–Kier alpha value is -1.30. The van der Waals surface area contributed by atoms with E-state index in [1.807, 2.05) is 26.1 Å². The van der Waals surface area contributed by atoms with E-state index in [-0.39, 0.29) is 18.6 Å². The summed E-state index contributed by atoms with van der Waals surface area (Å²) in [7, 11) is 3.52. The summed E-state index contributed by atoms with van der Waals surface area (Å²) in [6.07, 6.45) is 0.777. The minimum atomic E-state index is -0.171. The average Bonchev–Trinajstić information content (AvgIpc) is 2.49. The average molecular weight is 315 g/mol. The van der Waals surface area contributed by atoms with Gasteiger partial charge in [-0.2, -0.15) is 0 Å². The Morgan fingerprint density at radius 1 is 1.43 bits per heavy atom. The van der Waals surface area contributed by atoms with Crippen molar-refractivity contribution in [2.45, 2.75) is 19.4 Å². The van der Waals surface area contributed by atoms with Gasteiger partial charge in [-0.25, -0.2) is 0 Å². The zero-order valence-corrected chi connectivity index (χ0v) is 13.5. The molecule has 0 bridgehead atoms. The van der Waals surface area contributed by atoms with E-state index in [9.17, 15) is 4.79 Å². The van der Waals surface area contributed by atoms with Crippen molar-refractivity contribution in [1.29, 1.82) is 0 Å². The van der Waals surface area contributed by atoms with E-state index in [0.717, 1.165) is 12.0 Å². The van der Waals surface area contributed by atoms with Crippen molar-refractivity contribution in [3.63, 3.8) is 0 Å². The molecule has 1 amide bonds. The fourth-order valence-electron chi connectivity index (χ4n) is 1.71. The smallest absolute Gasteiger partial charge is 0.257 e. The Morgan fingerprint density at radius 2 is 2.19 bits per heavy atom. The van der Waals surface area contributed by atoms with Gasteiger partial charge in [0.05, 0.1) is 5.02 Å². The highest BCUT2D eigenvalue weighted by atomic mass is 35.5. The Bertz CT molecular complexity index is 455. The van der Waals surface area contributed by atoms with Gasteiger partial charge in [0.25, 0.3) is 5.91 Å². The van der Waals surface area contributed by atoms with Crippen molar-refractivity contribution in [3.8, 4) is 5.75 Å². The first-order valence-electron chi connectivity index (χ1n) is 6.93. The lowest BCUT2D eigenvalue weighted by Gasteiger charge is -2.13. The second-order valence-corrected chi connectivity index (χ2v) is 5.09. The van der Waals surface area contributed by atoms with Crippen molar-refractivity contribution >= 4 is 17.5 Å². The first-order valence-corrected chi connectivity index (χ1v) is 7.31. The van der Waals surface area contributed by atoms with Crippen LogP contribution in [-0.2, 0) is 9.53 Å². The molecule has 0 fully saturated rings. The maximum atomic E-state index is 11.6. The van der Waals surface area contributed by atoms with Crippen LogP contribution in [-0.4, -0.2) is 39.8 Å². The van der Waals surface area contributed by atoms with Gasteiger partial charge in [0.2, 0.25) is 0 Å². The molecule has 0 spiro atoms. The molecule has 0 radical (unpaired) electrons. The molecule has 5 nitrogen and oxygen atoms in total. The normalized spacial score (nSPS) is 12.0. The number of ether oxygens (including phenoxy) is 2. The van der Waals surface area contributed by atoms with Gasteiger partial charge in [-0.3, -0.25) is 4.79 Å². The number of carbonyl (C=O) groups excluding carboxylic acids is 1. The molecular formula is C15H23ClN2O3. The number of benzene rings is 1. The summed E-state index contributed by atoms with van der Waals surface area (Å²) in [5.41, 5.74) is 1.07. The summed E-state index contributed by atoms with van der Waals surface area (Å²) >= 11 is 6.16. The van der Waals surface area contributed by atoms with Crippen molar-refractivity contribution in [2.75, 3.05) is 33.9 Å². The highest BCUT2D eigenvalue weighted by Gasteiger charge is 2.09. The molecule has 1 unspecified atom stereocenters. The molecule has 0 aliphatic heterocycles. The van der Waals surface area contributed by atoms with Gasteiger partial charge in [-0.15, -0.1) is 0 Å². The molecule has 0 aromatic heterocycles. The van der Waals surface area contributed by atoms with Crippen LogP contribution in [0, 0.1) is 0 Å². The molecule has 0 heterocycles. The van der Waals surface area contributed by atoms with Crippen molar-refractivity contribution < 1.29 is 14.3 Å². The van der Waals surface area contributed by atoms with Crippen molar-refractivity contribution in [2.24, 2.45) is 0 Å². The van der Waals surface area contributed by atoms with Gasteiger partial charge in [0, 0.05) is 26.3 Å². The van der Waals surface area contributed by atoms with Gasteiger partial charge in [0.15, 0.2) is 6.61 Å². The lowest BCUT2D eigenvalue weighted by molar-refractivity contribution is -0.123. The first-order chi connectivity index (χ1) is 10.1. The van der Waals surface area contributed by atoms with Crippen LogP contribution in [0.2, 0.25) is 5.02 Å². The monoisotopic (exact) mass is 314 g/mol. The van der Waals surface area contributed by atoms with E-state index >= 15 is 0 Å². The molecule has 0 saturated heterocycles. The molecule has 0 aliphatic rings. The van der Waals surface area contributed by atoms with Gasteiger partial charge < -0.3 is 20.1 Å². The van der Waals surface area contributed by atoms with Gasteiger partial charge >= 0.3 is 0 Å². The number of carbonyl (C=O) groups is 1. The largest absolute Gasteiger partial charge is 0.482 e. The van der Waals surface area contributed by atoms with Gasteiger partial charge in [-0.1, -0.05) is 17.7 Å². The summed E-state index contributed by atoms with van der Waals surface area (Å²) < 4.78 is 10.3. The summed E-state index contributed by atoms with van der Waals surface area (Å²) in [6.45, 7) is 3.19. The van der Waals surface area contributed by atoms with Crippen LogP contribution >= 0.6 is 11.6 Å². The third kappa shape index (κ3) is 6.33. The van der Waals surface area contributed by atoms with E-state index in [4.69, 9.17) is 21.1 Å². The SMILES string of the molecule is CNC(C)c1ccc(OCC(=O)NCCCOC)c(Cl)c1. The molecule has 6 heteroatoms. The molecule has 2 N–H and O–H groups in total. The number of halogens is 1. The number of hydrogen-bond acceptors (Lipinski definition) is 4. The maximum absolute atomic E-state index is 11.6. The van der Waals surface area contributed by atoms with Crippen LogP contribution in [0.4, 0.5) is 0 Å². The minimum Gasteiger partial charge on any atom is -0.482 e. The van der Waals surface area contributed by atoms with E-state index in [2.05, 4.69) is 10.6 Å². The fourth-order valence-corrected chi connectivity index (χ4v) is 1.95. The topological polar surface area (TPSA) is 59.6 Å². The molecule has 1 rings (SSSR count). The van der Waals surface area contributed by atoms with Crippen LogP contribution in [0.1, 0.15) is 24.9 Å². The van der Waals surface area contributed by atoms with E-state index < -0.39 is 0 Å². The maximum Gasteiger partial charge on any atom is 0.257 e. The highest BCUT2D eigenvalue weighted by molar-refractivity contribution is 6.32. The van der Waals surface area contributed by atoms with E-state index in [0.29, 0.717) is 23.9 Å². The van der Waals surface area contributed by atoms with Crippen LogP contribution in [0.25, 0.3) is 0 Å². The molecule has 21 heavy (non-hydrogen) atoms. The lowest BCUT2D eigenvalue weighted by Crippen LogP contribution is -2.30. The number of amides is 1. The van der Waals surface area contributed by atoms with Crippen molar-refractivity contribution in [3.05, 3.63) is 28.8 Å². The Morgan fingerprint density at radius 3 is 2.81 bits per heavy atom. The summed E-state index contributed by atoms with van der Waals surface area (Å²) in [5.74, 6) is 0.339. The number of nitrogens with one attached hydrogen (secondary N) is 2. The fraction of sp³-hybridized carbons (Fsp3) is 0.533. The molecular weight excluding hydrogens is 292 g/mol. The molecule has 1 atom stereocenters. The summed E-state index contributed by atoms with van der Waals surface area (Å²) in [4.78, 5) is 11.6. The van der Waals surface area contributed by atoms with Crippen LogP contribution in [0.5, 0.6) is 5.75 Å². The van der Waals surface area contributed by atoms with E-state index in [1.165, 1.54) is 0 Å². The third-order valence-corrected chi connectivity index (χ3v) is 3.39. The highest BCUT2D eigenvalue weighted by Crippen LogP contribution is 2.27. The van der Waals surface area contributed by atoms with Crippen LogP contribution < -0.4 is 15.4 Å². The molecule has 1 aromatic rings. The van der Waals surface area contributed by atoms with Gasteiger partial charge in [0.1, 0.15) is 5.75 Å².